The molecule has 0 aliphatic carbocycles. The van der Waals surface area contributed by atoms with Gasteiger partial charge in [-0.05, 0) is 43.3 Å². The monoisotopic (exact) mass is 347 g/mol. The second kappa shape index (κ2) is 7.76. The average Bonchev–Trinajstić information content (AvgIpc) is 2.70. The van der Waals surface area contributed by atoms with Gasteiger partial charge in [0.1, 0.15) is 28.8 Å². The summed E-state index contributed by atoms with van der Waals surface area (Å²) >= 11 is 0. The lowest BCUT2D eigenvalue weighted by atomic mass is 10.2. The summed E-state index contributed by atoms with van der Waals surface area (Å²) < 4.78 is 0. The van der Waals surface area contributed by atoms with Gasteiger partial charge in [0.2, 0.25) is 0 Å². The molecule has 0 fully saturated rings. The number of hydrogen-bond acceptors (Lipinski definition) is 1. The van der Waals surface area contributed by atoms with Crippen molar-refractivity contribution in [1.29, 1.82) is 0 Å². The molecule has 0 saturated carbocycles. The van der Waals surface area contributed by atoms with Gasteiger partial charge in [0.25, 0.3) is 0 Å². The van der Waals surface area contributed by atoms with Crippen molar-refractivity contribution in [2.75, 3.05) is 0 Å². The Morgan fingerprint density at radius 3 is 1.32 bits per heavy atom. The van der Waals surface area contributed by atoms with E-state index < -0.39 is 7.26 Å². The van der Waals surface area contributed by atoms with Crippen molar-refractivity contribution in [3.8, 4) is 0 Å². The van der Waals surface area contributed by atoms with Crippen LogP contribution in [0.3, 0.4) is 0 Å². The van der Waals surface area contributed by atoms with Crippen molar-refractivity contribution >= 4 is 29.0 Å². The number of Topliss-reactive ketones (excluding diaryl/α,β-unsaturated/α-hetero) is 1. The van der Waals surface area contributed by atoms with Crippen LogP contribution < -0.4 is 15.9 Å². The Kier molecular flexibility index (Phi) is 5.46. The molecule has 0 aliphatic heterocycles. The highest BCUT2D eigenvalue weighted by Gasteiger charge is 2.52. The number of benzene rings is 3. The Labute approximate surface area is 151 Å². The van der Waals surface area contributed by atoms with Gasteiger partial charge in [-0.15, -0.1) is 0 Å². The predicted octanol–water partition coefficient (Wildman–Crippen LogP) is 4.35. The van der Waals surface area contributed by atoms with Crippen molar-refractivity contribution in [3.05, 3.63) is 91.0 Å². The lowest BCUT2D eigenvalue weighted by Crippen LogP contribution is -2.40. The molecule has 0 radical (unpaired) electrons. The summed E-state index contributed by atoms with van der Waals surface area (Å²) in [7, 11) is -2.07. The Morgan fingerprint density at radius 1 is 0.720 bits per heavy atom. The number of rotatable bonds is 6. The molecule has 3 rings (SSSR count). The molecule has 3 aromatic carbocycles. The van der Waals surface area contributed by atoms with Gasteiger partial charge < -0.3 is 0 Å². The van der Waals surface area contributed by atoms with E-state index in [-0.39, 0.29) is 5.66 Å². The summed E-state index contributed by atoms with van der Waals surface area (Å²) in [5.41, 5.74) is -0.0512. The molecule has 126 valence electrons. The summed E-state index contributed by atoms with van der Waals surface area (Å²) in [6.07, 6.45) is 0.565. The van der Waals surface area contributed by atoms with E-state index in [4.69, 9.17) is 0 Å². The van der Waals surface area contributed by atoms with E-state index in [2.05, 4.69) is 79.7 Å². The number of carbonyl (C=O) groups is 1. The van der Waals surface area contributed by atoms with Crippen LogP contribution >= 0.6 is 7.26 Å². The Bertz CT molecular complexity index is 716. The van der Waals surface area contributed by atoms with Crippen molar-refractivity contribution < 1.29 is 4.79 Å². The van der Waals surface area contributed by atoms with Gasteiger partial charge in [-0.2, -0.15) is 0 Å². The quantitative estimate of drug-likeness (QED) is 0.606. The second-order valence-corrected chi connectivity index (χ2v) is 9.99. The first kappa shape index (κ1) is 17.6. The highest BCUT2D eigenvalue weighted by atomic mass is 31.2. The van der Waals surface area contributed by atoms with Gasteiger partial charge in [-0.1, -0.05) is 61.5 Å². The van der Waals surface area contributed by atoms with Crippen LogP contribution in [0.1, 0.15) is 20.3 Å². The SMILES string of the molecule is CCC(=O)C(C)[P+](c1ccccc1)(c1ccccc1)c1ccccc1. The first-order valence-electron chi connectivity index (χ1n) is 8.79. The molecule has 0 spiro atoms. The zero-order valence-corrected chi connectivity index (χ0v) is 15.7. The van der Waals surface area contributed by atoms with Crippen LogP contribution in [-0.2, 0) is 4.79 Å². The first-order chi connectivity index (χ1) is 12.2. The van der Waals surface area contributed by atoms with Crippen molar-refractivity contribution in [2.24, 2.45) is 0 Å². The first-order valence-corrected chi connectivity index (χ1v) is 10.6. The third kappa shape index (κ3) is 3.17. The largest absolute Gasteiger partial charge is 0.295 e. The normalized spacial score (nSPS) is 12.6. The molecule has 1 unspecified atom stereocenters. The molecule has 0 aromatic heterocycles. The van der Waals surface area contributed by atoms with E-state index in [1.807, 2.05) is 25.1 Å². The van der Waals surface area contributed by atoms with Crippen LogP contribution in [0.5, 0.6) is 0 Å². The fourth-order valence-corrected chi connectivity index (χ4v) is 8.40. The highest BCUT2D eigenvalue weighted by Crippen LogP contribution is 2.59. The van der Waals surface area contributed by atoms with E-state index in [0.29, 0.717) is 12.2 Å². The van der Waals surface area contributed by atoms with Gasteiger partial charge in [-0.25, -0.2) is 0 Å². The van der Waals surface area contributed by atoms with E-state index in [9.17, 15) is 4.79 Å². The number of ketones is 1. The summed E-state index contributed by atoms with van der Waals surface area (Å²) in [5, 5.41) is 3.80. The van der Waals surface area contributed by atoms with Crippen LogP contribution in [-0.4, -0.2) is 11.4 Å². The number of hydrogen-bond donors (Lipinski definition) is 0. The fraction of sp³-hybridized carbons (Fsp3) is 0.174. The Hall–Kier alpha value is -2.24. The maximum Gasteiger partial charge on any atom is 0.173 e. The molecule has 0 heterocycles. The van der Waals surface area contributed by atoms with Gasteiger partial charge in [-0.3, -0.25) is 4.79 Å². The van der Waals surface area contributed by atoms with Crippen LogP contribution in [0.25, 0.3) is 0 Å². The lowest BCUT2D eigenvalue weighted by molar-refractivity contribution is -0.118. The highest BCUT2D eigenvalue weighted by molar-refractivity contribution is 7.96. The second-order valence-electron chi connectivity index (χ2n) is 6.23. The van der Waals surface area contributed by atoms with Crippen LogP contribution in [0.2, 0.25) is 0 Å². The fourth-order valence-electron chi connectivity index (χ4n) is 3.62. The molecule has 0 N–H and O–H groups in total. The zero-order chi connectivity index (χ0) is 17.7. The summed E-state index contributed by atoms with van der Waals surface area (Å²) in [6.45, 7) is 4.08. The molecule has 0 amide bonds. The summed E-state index contributed by atoms with van der Waals surface area (Å²) in [6, 6.07) is 31.7. The third-order valence-corrected chi connectivity index (χ3v) is 9.67. The van der Waals surface area contributed by atoms with E-state index in [0.717, 1.165) is 0 Å². The lowest BCUT2D eigenvalue weighted by Gasteiger charge is -2.32. The molecule has 0 aliphatic rings. The molecular weight excluding hydrogens is 323 g/mol. The van der Waals surface area contributed by atoms with E-state index in [1.54, 1.807) is 0 Å². The van der Waals surface area contributed by atoms with Gasteiger partial charge in [0.05, 0.1) is 0 Å². The summed E-state index contributed by atoms with van der Waals surface area (Å²) in [4.78, 5) is 12.9. The molecule has 0 saturated heterocycles. The Balaban J connectivity index is 2.38. The van der Waals surface area contributed by atoms with Crippen LogP contribution in [0.4, 0.5) is 0 Å². The van der Waals surface area contributed by atoms with Crippen LogP contribution in [0.15, 0.2) is 91.0 Å². The standard InChI is InChI=1S/C23H24OP/c1-3-23(24)19(2)25(20-13-7-4-8-14-20,21-15-9-5-10-16-21)22-17-11-6-12-18-22/h4-19H,3H2,1-2H3/q+1. The maximum atomic E-state index is 12.9. The average molecular weight is 347 g/mol. The molecule has 25 heavy (non-hydrogen) atoms. The minimum absolute atomic E-state index is 0.0512. The topological polar surface area (TPSA) is 17.1 Å². The van der Waals surface area contributed by atoms with Gasteiger partial charge in [0, 0.05) is 6.42 Å². The minimum atomic E-state index is -2.07. The minimum Gasteiger partial charge on any atom is -0.295 e. The van der Waals surface area contributed by atoms with Crippen LogP contribution in [0, 0.1) is 0 Å². The van der Waals surface area contributed by atoms with Gasteiger partial charge >= 0.3 is 0 Å². The zero-order valence-electron chi connectivity index (χ0n) is 14.8. The maximum absolute atomic E-state index is 12.9. The predicted molar refractivity (Wildman–Crippen MR) is 110 cm³/mol. The number of carbonyl (C=O) groups excluding carboxylic acids is 1. The molecule has 2 heteroatoms. The molecular formula is C23H24OP+. The van der Waals surface area contributed by atoms with Crippen molar-refractivity contribution in [2.45, 2.75) is 25.9 Å². The molecule has 3 aromatic rings. The smallest absolute Gasteiger partial charge is 0.173 e. The van der Waals surface area contributed by atoms with Gasteiger partial charge in [0.15, 0.2) is 5.78 Å². The van der Waals surface area contributed by atoms with Crippen molar-refractivity contribution in [1.82, 2.24) is 0 Å². The summed E-state index contributed by atoms with van der Waals surface area (Å²) in [5.74, 6) is 0.324. The molecule has 1 atom stereocenters. The molecule has 0 bridgehead atoms. The van der Waals surface area contributed by atoms with Crippen molar-refractivity contribution in [3.63, 3.8) is 0 Å². The van der Waals surface area contributed by atoms with E-state index >= 15 is 0 Å². The molecule has 1 nitrogen and oxygen atoms in total. The Morgan fingerprint density at radius 2 is 1.04 bits per heavy atom. The third-order valence-electron chi connectivity index (χ3n) is 4.89. The van der Waals surface area contributed by atoms with E-state index in [1.165, 1.54) is 15.9 Å².